The molecule has 5 rings (SSSR count). The molecule has 0 saturated carbocycles. The largest absolute Gasteiger partial charge is 0.465 e. The highest BCUT2D eigenvalue weighted by Crippen LogP contribution is 2.39. The van der Waals surface area contributed by atoms with Gasteiger partial charge in [-0.05, 0) is 56.7 Å². The smallest absolute Gasteiger partial charge is 0.339 e. The van der Waals surface area contributed by atoms with Crippen LogP contribution >= 0.6 is 22.9 Å². The summed E-state index contributed by atoms with van der Waals surface area (Å²) in [6, 6.07) is 11.7. The van der Waals surface area contributed by atoms with Gasteiger partial charge < -0.3 is 15.8 Å². The van der Waals surface area contributed by atoms with E-state index in [0.29, 0.717) is 27.9 Å². The Kier molecular flexibility index (Phi) is 8.03. The normalized spacial score (nSPS) is 13.7. The predicted octanol–water partition coefficient (Wildman–Crippen LogP) is 4.93. The van der Waals surface area contributed by atoms with Gasteiger partial charge in [0.15, 0.2) is 5.82 Å². The number of halogens is 1. The predicted molar refractivity (Wildman–Crippen MR) is 160 cm³/mol. The third kappa shape index (κ3) is 5.52. The van der Waals surface area contributed by atoms with Crippen LogP contribution in [0.1, 0.15) is 61.6 Å². The number of carbonyl (C=O) groups excluding carboxylic acids is 2. The highest BCUT2D eigenvalue weighted by molar-refractivity contribution is 7.15. The summed E-state index contributed by atoms with van der Waals surface area (Å²) in [5.74, 6) is 6.00. The summed E-state index contributed by atoms with van der Waals surface area (Å²) in [7, 11) is 1.29. The first-order valence-electron chi connectivity index (χ1n) is 12.8. The number of anilines is 1. The van der Waals surface area contributed by atoms with Crippen molar-refractivity contribution in [2.24, 2.45) is 10.7 Å². The molecule has 1 amide bonds. The van der Waals surface area contributed by atoms with E-state index in [1.807, 2.05) is 35.8 Å². The van der Waals surface area contributed by atoms with Gasteiger partial charge in [0.1, 0.15) is 16.9 Å². The van der Waals surface area contributed by atoms with Gasteiger partial charge in [0.25, 0.3) is 0 Å². The van der Waals surface area contributed by atoms with Gasteiger partial charge in [0.05, 0.1) is 31.4 Å². The number of carbonyl (C=O) groups is 2. The van der Waals surface area contributed by atoms with Crippen LogP contribution < -0.4 is 11.1 Å². The lowest BCUT2D eigenvalue weighted by molar-refractivity contribution is -0.116. The SMILES string of the molecule is COC(=O)c1cc(NC(=O)C[C@@H]2N=C(c3ccc(Cl)cc3)c3c(sc(C)c3C)-n3c(C)nnc32)ccc1C#CCN. The molecule has 0 aliphatic carbocycles. The number of amides is 1. The average molecular weight is 587 g/mol. The molecule has 208 valence electrons. The molecule has 9 nitrogen and oxygen atoms in total. The number of esters is 1. The van der Waals surface area contributed by atoms with Crippen LogP contribution in [0.2, 0.25) is 5.02 Å². The molecule has 11 heteroatoms. The third-order valence-corrected chi connectivity index (χ3v) is 8.21. The van der Waals surface area contributed by atoms with E-state index in [9.17, 15) is 9.59 Å². The van der Waals surface area contributed by atoms with Crippen molar-refractivity contribution in [3.05, 3.63) is 91.8 Å². The molecule has 1 aliphatic rings. The summed E-state index contributed by atoms with van der Waals surface area (Å²) in [4.78, 5) is 32.1. The lowest BCUT2D eigenvalue weighted by Gasteiger charge is -2.14. The number of nitrogens with one attached hydrogen (secondary N) is 1. The number of hydrogen-bond donors (Lipinski definition) is 2. The van der Waals surface area contributed by atoms with E-state index >= 15 is 0 Å². The average Bonchev–Trinajstić information content (AvgIpc) is 3.44. The molecule has 3 N–H and O–H groups in total. The minimum atomic E-state index is -0.629. The number of thiophene rings is 1. The number of hydrogen-bond acceptors (Lipinski definition) is 8. The minimum absolute atomic E-state index is 0.00944. The van der Waals surface area contributed by atoms with Crippen LogP contribution in [0.4, 0.5) is 5.69 Å². The Labute approximate surface area is 246 Å². The van der Waals surface area contributed by atoms with E-state index in [4.69, 9.17) is 27.1 Å². The quantitative estimate of drug-likeness (QED) is 0.252. The van der Waals surface area contributed by atoms with Crippen molar-refractivity contribution in [1.29, 1.82) is 0 Å². The first kappa shape index (κ1) is 28.2. The zero-order valence-corrected chi connectivity index (χ0v) is 24.5. The Bertz CT molecular complexity index is 1760. The Hall–Kier alpha value is -4.30. The van der Waals surface area contributed by atoms with Gasteiger partial charge in [-0.25, -0.2) is 4.79 Å². The zero-order chi connectivity index (χ0) is 29.3. The van der Waals surface area contributed by atoms with Crippen LogP contribution in [-0.4, -0.2) is 46.0 Å². The van der Waals surface area contributed by atoms with Gasteiger partial charge in [0.2, 0.25) is 5.91 Å². The van der Waals surface area contributed by atoms with Gasteiger partial charge in [-0.15, -0.1) is 21.5 Å². The molecule has 0 fully saturated rings. The first-order chi connectivity index (χ1) is 19.7. The summed E-state index contributed by atoms with van der Waals surface area (Å²) < 4.78 is 6.89. The number of fused-ring (bicyclic) bond motifs is 3. The number of aliphatic imine (C=N–C) groups is 1. The second kappa shape index (κ2) is 11.7. The molecule has 3 heterocycles. The minimum Gasteiger partial charge on any atom is -0.465 e. The number of ether oxygens (including phenoxy) is 1. The van der Waals surface area contributed by atoms with E-state index in [-0.39, 0.29) is 24.4 Å². The molecule has 0 bridgehead atoms. The molecule has 2 aromatic carbocycles. The van der Waals surface area contributed by atoms with E-state index < -0.39 is 12.0 Å². The summed E-state index contributed by atoms with van der Waals surface area (Å²) in [5, 5.41) is 13.3. The van der Waals surface area contributed by atoms with Crippen molar-refractivity contribution in [3.63, 3.8) is 0 Å². The number of rotatable bonds is 5. The lowest BCUT2D eigenvalue weighted by Crippen LogP contribution is -2.18. The molecule has 41 heavy (non-hydrogen) atoms. The van der Waals surface area contributed by atoms with Crippen molar-refractivity contribution >= 4 is 46.2 Å². The fourth-order valence-electron chi connectivity index (χ4n) is 4.68. The maximum absolute atomic E-state index is 13.4. The Morgan fingerprint density at radius 3 is 2.61 bits per heavy atom. The monoisotopic (exact) mass is 586 g/mol. The summed E-state index contributed by atoms with van der Waals surface area (Å²) in [6.07, 6.45) is -0.00944. The van der Waals surface area contributed by atoms with Crippen LogP contribution in [0, 0.1) is 32.6 Å². The highest BCUT2D eigenvalue weighted by Gasteiger charge is 2.32. The zero-order valence-electron chi connectivity index (χ0n) is 22.9. The number of aryl methyl sites for hydroxylation is 2. The third-order valence-electron chi connectivity index (χ3n) is 6.77. The Morgan fingerprint density at radius 1 is 1.15 bits per heavy atom. The fraction of sp³-hybridized carbons (Fsp3) is 0.233. The number of benzene rings is 2. The topological polar surface area (TPSA) is 124 Å². The van der Waals surface area contributed by atoms with Crippen LogP contribution in [-0.2, 0) is 9.53 Å². The molecule has 0 spiro atoms. The summed E-state index contributed by atoms with van der Waals surface area (Å²) in [6.45, 7) is 6.18. The molecule has 0 saturated heterocycles. The summed E-state index contributed by atoms with van der Waals surface area (Å²) in [5.41, 5.74) is 10.3. The van der Waals surface area contributed by atoms with Crippen LogP contribution in [0.25, 0.3) is 5.00 Å². The van der Waals surface area contributed by atoms with E-state index in [1.54, 1.807) is 23.5 Å². The van der Waals surface area contributed by atoms with Gasteiger partial charge in [-0.2, -0.15) is 0 Å². The van der Waals surface area contributed by atoms with Crippen molar-refractivity contribution < 1.29 is 14.3 Å². The molecule has 1 atom stereocenters. The molecule has 1 aliphatic heterocycles. The van der Waals surface area contributed by atoms with E-state index in [0.717, 1.165) is 32.3 Å². The molecule has 0 radical (unpaired) electrons. The molecular weight excluding hydrogens is 560 g/mol. The van der Waals surface area contributed by atoms with Gasteiger partial charge >= 0.3 is 5.97 Å². The maximum Gasteiger partial charge on any atom is 0.339 e. The maximum atomic E-state index is 13.4. The summed E-state index contributed by atoms with van der Waals surface area (Å²) >= 11 is 7.83. The number of nitrogens with zero attached hydrogens (tertiary/aromatic N) is 4. The van der Waals surface area contributed by atoms with Gasteiger partial charge in [-0.3, -0.25) is 14.4 Å². The van der Waals surface area contributed by atoms with Crippen LogP contribution in [0.3, 0.4) is 0 Å². The van der Waals surface area contributed by atoms with E-state index in [1.165, 1.54) is 13.2 Å². The molecule has 2 aromatic heterocycles. The molecular formula is C30H27ClN6O3S. The van der Waals surface area contributed by atoms with Crippen molar-refractivity contribution in [3.8, 4) is 16.8 Å². The number of aromatic nitrogens is 3. The van der Waals surface area contributed by atoms with Crippen molar-refractivity contribution in [2.75, 3.05) is 19.0 Å². The van der Waals surface area contributed by atoms with Crippen LogP contribution in [0.5, 0.6) is 0 Å². The second-order valence-corrected chi connectivity index (χ2v) is 11.1. The van der Waals surface area contributed by atoms with Gasteiger partial charge in [-0.1, -0.05) is 35.6 Å². The van der Waals surface area contributed by atoms with Crippen molar-refractivity contribution in [2.45, 2.75) is 33.2 Å². The Balaban J connectivity index is 1.54. The molecule has 4 aromatic rings. The van der Waals surface area contributed by atoms with E-state index in [2.05, 4.69) is 41.2 Å². The first-order valence-corrected chi connectivity index (χ1v) is 14.0. The Morgan fingerprint density at radius 2 is 1.90 bits per heavy atom. The van der Waals surface area contributed by atoms with Crippen LogP contribution in [0.15, 0.2) is 47.5 Å². The number of nitrogens with two attached hydrogens (primary N) is 1. The second-order valence-electron chi connectivity index (χ2n) is 9.41. The number of methoxy groups -OCH3 is 1. The standard InChI is InChI=1S/C30H27ClN6O3S/c1-16-17(2)41-29-26(16)27(20-7-10-21(31)11-8-20)34-24(28-36-35-18(3)37(28)29)15-25(38)33-22-12-9-19(6-5-13-32)23(14-22)30(39)40-4/h7-12,14,24H,13,15,32H2,1-4H3,(H,33,38)/t24-/m0/s1. The highest BCUT2D eigenvalue weighted by atomic mass is 35.5. The lowest BCUT2D eigenvalue weighted by atomic mass is 9.99. The molecule has 0 unspecified atom stereocenters. The fourth-order valence-corrected chi connectivity index (χ4v) is 6.02. The van der Waals surface area contributed by atoms with Crippen molar-refractivity contribution in [1.82, 2.24) is 14.8 Å². The van der Waals surface area contributed by atoms with Gasteiger partial charge in [0, 0.05) is 32.3 Å².